The van der Waals surface area contributed by atoms with Gasteiger partial charge in [-0.2, -0.15) is 0 Å². The van der Waals surface area contributed by atoms with Crippen LogP contribution in [0.25, 0.3) is 0 Å². The fourth-order valence-corrected chi connectivity index (χ4v) is 0.169. The van der Waals surface area contributed by atoms with Crippen molar-refractivity contribution in [3.63, 3.8) is 0 Å². The molecule has 0 unspecified atom stereocenters. The molecule has 0 amide bonds. The number of aliphatic hydroxyl groups is 1. The second-order valence-electron chi connectivity index (χ2n) is 1.73. The van der Waals surface area contributed by atoms with Gasteiger partial charge in [0.05, 0.1) is 0 Å². The normalized spacial score (nSPS) is 18.1. The SMILES string of the molecule is C[C@](N)(O)CC=O. The third kappa shape index (κ3) is 5.59. The van der Waals surface area contributed by atoms with E-state index in [1.54, 1.807) is 0 Å². The highest BCUT2D eigenvalue weighted by Crippen LogP contribution is 1.93. The number of nitrogens with two attached hydrogens (primary N) is 1. The summed E-state index contributed by atoms with van der Waals surface area (Å²) in [6.07, 6.45) is 0.576. The van der Waals surface area contributed by atoms with E-state index in [4.69, 9.17) is 10.8 Å². The maximum Gasteiger partial charge on any atom is 0.124 e. The number of hydrogen-bond acceptors (Lipinski definition) is 3. The van der Waals surface area contributed by atoms with E-state index in [1.165, 1.54) is 6.92 Å². The molecule has 0 aliphatic heterocycles. The molecule has 0 aromatic heterocycles. The molecule has 0 spiro atoms. The Labute approximate surface area is 42.1 Å². The van der Waals surface area contributed by atoms with Gasteiger partial charge in [-0.25, -0.2) is 0 Å². The molecule has 0 fully saturated rings. The standard InChI is InChI=1S/C4H9NO2/c1-4(5,7)2-3-6/h3,7H,2,5H2,1H3/t4-/m0/s1. The van der Waals surface area contributed by atoms with Gasteiger partial charge in [-0.3, -0.25) is 0 Å². The second-order valence-corrected chi connectivity index (χ2v) is 1.73. The average molecular weight is 103 g/mol. The van der Waals surface area contributed by atoms with Crippen LogP contribution in [-0.4, -0.2) is 17.1 Å². The summed E-state index contributed by atoms with van der Waals surface area (Å²) in [5.74, 6) is 0. The summed E-state index contributed by atoms with van der Waals surface area (Å²) in [7, 11) is 0. The van der Waals surface area contributed by atoms with Gasteiger partial charge in [0.15, 0.2) is 0 Å². The van der Waals surface area contributed by atoms with Crippen molar-refractivity contribution in [3.8, 4) is 0 Å². The van der Waals surface area contributed by atoms with E-state index in [2.05, 4.69) is 0 Å². The Balaban J connectivity index is 3.34. The Kier molecular flexibility index (Phi) is 1.92. The quantitative estimate of drug-likeness (QED) is 0.357. The van der Waals surface area contributed by atoms with Gasteiger partial charge in [0.1, 0.15) is 12.0 Å². The van der Waals surface area contributed by atoms with Gasteiger partial charge in [0.2, 0.25) is 0 Å². The van der Waals surface area contributed by atoms with Crippen molar-refractivity contribution in [3.05, 3.63) is 0 Å². The monoisotopic (exact) mass is 103 g/mol. The van der Waals surface area contributed by atoms with Gasteiger partial charge in [-0.15, -0.1) is 0 Å². The zero-order valence-corrected chi connectivity index (χ0v) is 4.22. The van der Waals surface area contributed by atoms with Crippen LogP contribution < -0.4 is 5.73 Å². The molecule has 0 bridgehead atoms. The molecule has 0 aliphatic rings. The summed E-state index contributed by atoms with van der Waals surface area (Å²) in [5, 5.41) is 8.56. The first-order valence-corrected chi connectivity index (χ1v) is 2.01. The van der Waals surface area contributed by atoms with Crippen LogP contribution in [0.1, 0.15) is 13.3 Å². The summed E-state index contributed by atoms with van der Waals surface area (Å²) >= 11 is 0. The Morgan fingerprint density at radius 3 is 2.43 bits per heavy atom. The van der Waals surface area contributed by atoms with Crippen LogP contribution >= 0.6 is 0 Å². The Bertz CT molecular complexity index is 64.6. The maximum atomic E-state index is 9.58. The molecular formula is C4H9NO2. The molecule has 0 heterocycles. The van der Waals surface area contributed by atoms with Crippen LogP contribution in [0.15, 0.2) is 0 Å². The lowest BCUT2D eigenvalue weighted by Gasteiger charge is -2.10. The van der Waals surface area contributed by atoms with Crippen LogP contribution in [-0.2, 0) is 4.79 Å². The van der Waals surface area contributed by atoms with E-state index in [0.717, 1.165) is 0 Å². The molecule has 1 atom stereocenters. The lowest BCUT2D eigenvalue weighted by Crippen LogP contribution is -2.35. The second kappa shape index (κ2) is 2.04. The van der Waals surface area contributed by atoms with Crippen LogP contribution in [0, 0.1) is 0 Å². The van der Waals surface area contributed by atoms with Crippen LogP contribution in [0.2, 0.25) is 0 Å². The summed E-state index contributed by atoms with van der Waals surface area (Å²) in [6, 6.07) is 0. The van der Waals surface area contributed by atoms with Gasteiger partial charge in [0.25, 0.3) is 0 Å². The molecule has 0 saturated heterocycles. The minimum atomic E-state index is -1.32. The largest absolute Gasteiger partial charge is 0.376 e. The first kappa shape index (κ1) is 6.59. The molecule has 3 nitrogen and oxygen atoms in total. The van der Waals surface area contributed by atoms with Crippen LogP contribution in [0.3, 0.4) is 0 Å². The molecular weight excluding hydrogens is 94.0 g/mol. The van der Waals surface area contributed by atoms with E-state index in [-0.39, 0.29) is 6.42 Å². The van der Waals surface area contributed by atoms with Gasteiger partial charge in [-0.1, -0.05) is 0 Å². The van der Waals surface area contributed by atoms with Crippen molar-refractivity contribution in [2.45, 2.75) is 19.1 Å². The smallest absolute Gasteiger partial charge is 0.124 e. The minimum Gasteiger partial charge on any atom is -0.376 e. The molecule has 3 N–H and O–H groups in total. The predicted molar refractivity (Wildman–Crippen MR) is 25.5 cm³/mol. The number of rotatable bonds is 2. The topological polar surface area (TPSA) is 63.3 Å². The molecule has 0 rings (SSSR count). The van der Waals surface area contributed by atoms with E-state index in [1.807, 2.05) is 0 Å². The number of carbonyl (C=O) groups excluding carboxylic acids is 1. The highest BCUT2D eigenvalue weighted by Gasteiger charge is 2.09. The Hall–Kier alpha value is -0.410. The first-order valence-electron chi connectivity index (χ1n) is 2.01. The van der Waals surface area contributed by atoms with Gasteiger partial charge in [-0.05, 0) is 6.92 Å². The maximum absolute atomic E-state index is 9.58. The Morgan fingerprint density at radius 2 is 2.43 bits per heavy atom. The zero-order valence-electron chi connectivity index (χ0n) is 4.22. The summed E-state index contributed by atoms with van der Waals surface area (Å²) < 4.78 is 0. The fourth-order valence-electron chi connectivity index (χ4n) is 0.169. The fraction of sp³-hybridized carbons (Fsp3) is 0.750. The molecule has 0 aromatic rings. The minimum absolute atomic E-state index is 0.00694. The van der Waals surface area contributed by atoms with Gasteiger partial charge < -0.3 is 15.6 Å². The molecule has 7 heavy (non-hydrogen) atoms. The molecule has 0 radical (unpaired) electrons. The van der Waals surface area contributed by atoms with E-state index < -0.39 is 5.72 Å². The van der Waals surface area contributed by atoms with Crippen molar-refractivity contribution in [2.24, 2.45) is 5.73 Å². The lowest BCUT2D eigenvalue weighted by molar-refractivity contribution is -0.111. The third-order valence-electron chi connectivity index (χ3n) is 0.497. The van der Waals surface area contributed by atoms with Crippen molar-refractivity contribution < 1.29 is 9.90 Å². The summed E-state index contributed by atoms with van der Waals surface area (Å²) in [5.41, 5.74) is 3.65. The van der Waals surface area contributed by atoms with Gasteiger partial charge >= 0.3 is 0 Å². The van der Waals surface area contributed by atoms with Crippen molar-refractivity contribution in [1.82, 2.24) is 0 Å². The van der Waals surface area contributed by atoms with Crippen LogP contribution in [0.4, 0.5) is 0 Å². The lowest BCUT2D eigenvalue weighted by atomic mass is 10.2. The van der Waals surface area contributed by atoms with E-state index >= 15 is 0 Å². The Morgan fingerprint density at radius 1 is 2.00 bits per heavy atom. The highest BCUT2D eigenvalue weighted by molar-refractivity contribution is 5.50. The molecule has 0 aromatic carbocycles. The number of carbonyl (C=O) groups is 1. The molecule has 0 saturated carbocycles. The summed E-state index contributed by atoms with van der Waals surface area (Å²) in [4.78, 5) is 9.58. The molecule has 3 heteroatoms. The van der Waals surface area contributed by atoms with Gasteiger partial charge in [0, 0.05) is 6.42 Å². The predicted octanol–water partition coefficient (Wildman–Crippen LogP) is -0.757. The zero-order chi connectivity index (χ0) is 5.91. The third-order valence-corrected chi connectivity index (χ3v) is 0.497. The number of hydrogen-bond donors (Lipinski definition) is 2. The average Bonchev–Trinajstić information content (AvgIpc) is 1.30. The highest BCUT2D eigenvalue weighted by atomic mass is 16.3. The van der Waals surface area contributed by atoms with Crippen LogP contribution in [0.5, 0.6) is 0 Å². The first-order chi connectivity index (χ1) is 3.06. The number of aldehydes is 1. The summed E-state index contributed by atoms with van der Waals surface area (Å²) in [6.45, 7) is 1.38. The van der Waals surface area contributed by atoms with E-state index in [9.17, 15) is 4.79 Å². The van der Waals surface area contributed by atoms with Crippen molar-refractivity contribution >= 4 is 6.29 Å². The molecule has 42 valence electrons. The van der Waals surface area contributed by atoms with Crippen molar-refractivity contribution in [1.29, 1.82) is 0 Å². The molecule has 0 aliphatic carbocycles. The van der Waals surface area contributed by atoms with E-state index in [0.29, 0.717) is 6.29 Å². The van der Waals surface area contributed by atoms with Crippen molar-refractivity contribution in [2.75, 3.05) is 0 Å².